The van der Waals surface area contributed by atoms with Crippen LogP contribution in [0.15, 0.2) is 30.5 Å². The first-order valence-electron chi connectivity index (χ1n) is 5.43. The number of carboxylic acids is 1. The van der Waals surface area contributed by atoms with Crippen LogP contribution in [0, 0.1) is 0 Å². The van der Waals surface area contributed by atoms with Gasteiger partial charge in [-0.2, -0.15) is 0 Å². The van der Waals surface area contributed by atoms with Crippen LogP contribution in [0.25, 0.3) is 10.9 Å². The number of H-pyrrole nitrogens is 1. The molecule has 102 valence electrons. The predicted molar refractivity (Wildman–Crippen MR) is 69.8 cm³/mol. The molecule has 0 radical (unpaired) electrons. The van der Waals surface area contributed by atoms with Crippen LogP contribution in [-0.4, -0.2) is 33.3 Å². The molecule has 0 fully saturated rings. The van der Waals surface area contributed by atoms with E-state index in [-0.39, 0.29) is 0 Å². The molecule has 7 heteroatoms. The van der Waals surface area contributed by atoms with E-state index in [2.05, 4.69) is 10.7 Å². The molecule has 0 saturated carbocycles. The Morgan fingerprint density at radius 1 is 1.26 bits per heavy atom. The molecule has 7 N–H and O–H groups in total. The molecule has 1 amide bonds. The summed E-state index contributed by atoms with van der Waals surface area (Å²) in [5.41, 5.74) is 11.5. The molecular formula is C12H15N3O4. The third-order valence-corrected chi connectivity index (χ3v) is 2.43. The van der Waals surface area contributed by atoms with Gasteiger partial charge >= 0.3 is 12.1 Å². The number of fused-ring (bicyclic) bond motifs is 1. The number of rotatable bonds is 3. The Bertz CT molecular complexity index is 575. The van der Waals surface area contributed by atoms with Crippen molar-refractivity contribution in [3.8, 4) is 0 Å². The number of aromatic amines is 1. The van der Waals surface area contributed by atoms with Gasteiger partial charge in [0.05, 0.1) is 0 Å². The van der Waals surface area contributed by atoms with E-state index in [1.54, 1.807) is 0 Å². The smallest absolute Gasteiger partial charge is 0.402 e. The van der Waals surface area contributed by atoms with Crippen molar-refractivity contribution in [1.82, 2.24) is 4.98 Å². The molecule has 2 aromatic rings. The van der Waals surface area contributed by atoms with Crippen LogP contribution in [0.1, 0.15) is 5.56 Å². The van der Waals surface area contributed by atoms with Gasteiger partial charge in [0.25, 0.3) is 0 Å². The van der Waals surface area contributed by atoms with Crippen molar-refractivity contribution in [2.75, 3.05) is 0 Å². The van der Waals surface area contributed by atoms with E-state index in [1.165, 1.54) is 0 Å². The minimum atomic E-state index is -1.33. The highest BCUT2D eigenvalue weighted by molar-refractivity contribution is 5.84. The molecule has 1 aromatic carbocycles. The van der Waals surface area contributed by atoms with Gasteiger partial charge < -0.3 is 26.7 Å². The number of benzene rings is 1. The van der Waals surface area contributed by atoms with Crippen LogP contribution in [0.2, 0.25) is 0 Å². The minimum absolute atomic E-state index is 0.347. The lowest BCUT2D eigenvalue weighted by Crippen LogP contribution is -2.32. The van der Waals surface area contributed by atoms with Gasteiger partial charge in [-0.1, -0.05) is 18.2 Å². The molecule has 1 heterocycles. The number of nitrogens with two attached hydrogens (primary N) is 2. The first-order chi connectivity index (χ1) is 8.91. The summed E-state index contributed by atoms with van der Waals surface area (Å²) in [4.78, 5) is 22.5. The second-order valence-electron chi connectivity index (χ2n) is 3.85. The van der Waals surface area contributed by atoms with Crippen molar-refractivity contribution in [1.29, 1.82) is 0 Å². The molecular weight excluding hydrogens is 250 g/mol. The Morgan fingerprint density at radius 2 is 1.84 bits per heavy atom. The largest absolute Gasteiger partial charge is 0.480 e. The fourth-order valence-electron chi connectivity index (χ4n) is 1.62. The Morgan fingerprint density at radius 3 is 2.42 bits per heavy atom. The molecule has 2 rings (SSSR count). The molecule has 0 saturated heterocycles. The average molecular weight is 265 g/mol. The van der Waals surface area contributed by atoms with E-state index >= 15 is 0 Å². The van der Waals surface area contributed by atoms with E-state index in [1.807, 2.05) is 30.5 Å². The summed E-state index contributed by atoms with van der Waals surface area (Å²) in [6.07, 6.45) is 0.826. The van der Waals surface area contributed by atoms with E-state index in [0.29, 0.717) is 6.42 Å². The Labute approximate surface area is 108 Å². The maximum absolute atomic E-state index is 10.6. The highest BCUT2D eigenvalue weighted by Crippen LogP contribution is 2.18. The van der Waals surface area contributed by atoms with Gasteiger partial charge in [-0.15, -0.1) is 0 Å². The van der Waals surface area contributed by atoms with Crippen molar-refractivity contribution in [2.24, 2.45) is 11.5 Å². The van der Waals surface area contributed by atoms with Gasteiger partial charge in [0.2, 0.25) is 0 Å². The van der Waals surface area contributed by atoms with Gasteiger partial charge in [-0.3, -0.25) is 4.79 Å². The number of hydrogen-bond acceptors (Lipinski definition) is 3. The monoisotopic (exact) mass is 265 g/mol. The van der Waals surface area contributed by atoms with Crippen LogP contribution in [0.4, 0.5) is 4.79 Å². The summed E-state index contributed by atoms with van der Waals surface area (Å²) in [6.45, 7) is 0. The molecule has 7 nitrogen and oxygen atoms in total. The van der Waals surface area contributed by atoms with E-state index in [0.717, 1.165) is 16.5 Å². The number of carboxylic acid groups (broad SMARTS) is 2. The molecule has 0 aliphatic rings. The summed E-state index contributed by atoms with van der Waals surface area (Å²) < 4.78 is 0. The fraction of sp³-hybridized carbons (Fsp3) is 0.167. The zero-order valence-corrected chi connectivity index (χ0v) is 10.0. The summed E-state index contributed by atoms with van der Waals surface area (Å²) in [7, 11) is 0. The van der Waals surface area contributed by atoms with Gasteiger partial charge in [0.15, 0.2) is 0 Å². The minimum Gasteiger partial charge on any atom is -0.480 e. The molecule has 0 spiro atoms. The standard InChI is InChI=1S/C11H12N2O2.CH3NO2/c12-9(11(14)15)5-7-6-13-10-4-2-1-3-8(7)10;2-1(3)4/h1-4,6,9,13H,5,12H2,(H,14,15);2H2,(H,3,4)/t9-;/m0./s1. The van der Waals surface area contributed by atoms with E-state index < -0.39 is 18.1 Å². The lowest BCUT2D eigenvalue weighted by molar-refractivity contribution is -0.138. The van der Waals surface area contributed by atoms with Gasteiger partial charge in [0.1, 0.15) is 6.04 Å². The molecule has 19 heavy (non-hydrogen) atoms. The number of para-hydroxylation sites is 1. The predicted octanol–water partition coefficient (Wildman–Crippen LogP) is 0.745. The van der Waals surface area contributed by atoms with Gasteiger partial charge in [0, 0.05) is 23.5 Å². The van der Waals surface area contributed by atoms with Crippen LogP contribution < -0.4 is 11.5 Å². The topological polar surface area (TPSA) is 142 Å². The quantitative estimate of drug-likeness (QED) is 0.556. The summed E-state index contributed by atoms with van der Waals surface area (Å²) in [6, 6.07) is 6.91. The van der Waals surface area contributed by atoms with Crippen molar-refractivity contribution >= 4 is 23.0 Å². The molecule has 0 aliphatic heterocycles. The van der Waals surface area contributed by atoms with Crippen molar-refractivity contribution in [3.05, 3.63) is 36.0 Å². The highest BCUT2D eigenvalue weighted by Gasteiger charge is 2.14. The maximum atomic E-state index is 10.6. The van der Waals surface area contributed by atoms with Crippen molar-refractivity contribution < 1.29 is 19.8 Å². The number of hydrogen-bond donors (Lipinski definition) is 5. The number of primary amides is 1. The number of aromatic nitrogens is 1. The number of aliphatic carboxylic acids is 1. The van der Waals surface area contributed by atoms with Crippen LogP contribution in [-0.2, 0) is 11.2 Å². The van der Waals surface area contributed by atoms with Gasteiger partial charge in [-0.25, -0.2) is 4.79 Å². The van der Waals surface area contributed by atoms with E-state index in [4.69, 9.17) is 20.7 Å². The highest BCUT2D eigenvalue weighted by atomic mass is 16.4. The molecule has 1 atom stereocenters. The number of carbonyl (C=O) groups is 2. The van der Waals surface area contributed by atoms with Crippen molar-refractivity contribution in [2.45, 2.75) is 12.5 Å². The number of amides is 1. The lowest BCUT2D eigenvalue weighted by atomic mass is 10.1. The third kappa shape index (κ3) is 4.32. The summed E-state index contributed by atoms with van der Waals surface area (Å²) >= 11 is 0. The average Bonchev–Trinajstić information content (AvgIpc) is 2.72. The van der Waals surface area contributed by atoms with E-state index in [9.17, 15) is 4.79 Å². The normalized spacial score (nSPS) is 11.4. The van der Waals surface area contributed by atoms with Crippen LogP contribution in [0.3, 0.4) is 0 Å². The van der Waals surface area contributed by atoms with Crippen LogP contribution in [0.5, 0.6) is 0 Å². The third-order valence-electron chi connectivity index (χ3n) is 2.43. The molecule has 0 aliphatic carbocycles. The maximum Gasteiger partial charge on any atom is 0.402 e. The molecule has 0 unspecified atom stereocenters. The SMILES string of the molecule is NC(=O)O.N[C@@H](Cc1c[nH]c2ccccc12)C(=O)O. The Hall–Kier alpha value is -2.54. The zero-order chi connectivity index (χ0) is 14.4. The zero-order valence-electron chi connectivity index (χ0n) is 10.0. The first-order valence-corrected chi connectivity index (χ1v) is 5.43. The lowest BCUT2D eigenvalue weighted by Gasteiger charge is -2.04. The fourth-order valence-corrected chi connectivity index (χ4v) is 1.62. The van der Waals surface area contributed by atoms with Crippen molar-refractivity contribution in [3.63, 3.8) is 0 Å². The summed E-state index contributed by atoms with van der Waals surface area (Å²) in [5.74, 6) is -0.972. The second-order valence-corrected chi connectivity index (χ2v) is 3.85. The molecule has 1 aromatic heterocycles. The first kappa shape index (κ1) is 14.5. The Kier molecular flexibility index (Phi) is 4.90. The molecule has 0 bridgehead atoms. The van der Waals surface area contributed by atoms with Gasteiger partial charge in [-0.05, 0) is 11.6 Å². The summed E-state index contributed by atoms with van der Waals surface area (Å²) in [5, 5.41) is 16.9. The van der Waals surface area contributed by atoms with Crippen LogP contribution >= 0.6 is 0 Å². The second kappa shape index (κ2) is 6.41. The number of nitrogens with one attached hydrogen (secondary N) is 1. The Balaban J connectivity index is 0.000000399.